The molecule has 0 radical (unpaired) electrons. The molecule has 5 saturated carbocycles. The van der Waals surface area contributed by atoms with Crippen LogP contribution >= 0.6 is 0 Å². The largest absolute Gasteiger partial charge is 0.462 e. The normalized spacial score (nSPS) is 56.6. The molecular weight excluding hydrogens is 604 g/mol. The molecule has 5 N–H and O–H groups in total. The van der Waals surface area contributed by atoms with Crippen molar-refractivity contribution in [3.05, 3.63) is 0 Å². The maximum Gasteiger partial charge on any atom is 0.302 e. The fourth-order valence-electron chi connectivity index (χ4n) is 13.7. The van der Waals surface area contributed by atoms with E-state index in [1.165, 1.54) is 6.92 Å². The van der Waals surface area contributed by atoms with Crippen LogP contribution in [-0.2, 0) is 23.7 Å². The first-order valence-electron chi connectivity index (χ1n) is 18.2. The van der Waals surface area contributed by atoms with Gasteiger partial charge in [-0.1, -0.05) is 27.7 Å². The molecule has 16 atom stereocenters. The lowest BCUT2D eigenvalue weighted by molar-refractivity contribution is -0.303. The first-order valence-corrected chi connectivity index (χ1v) is 18.2. The Labute approximate surface area is 279 Å². The van der Waals surface area contributed by atoms with Gasteiger partial charge in [0, 0.05) is 18.3 Å². The second-order valence-electron chi connectivity index (χ2n) is 18.8. The maximum absolute atomic E-state index is 12.6. The molecule has 0 aromatic heterocycles. The topological polar surface area (TPSA) is 155 Å². The molecule has 2 spiro atoms. The Hall–Kier alpha value is -0.850. The number of ether oxygens (including phenoxy) is 4. The third kappa shape index (κ3) is 4.54. The second kappa shape index (κ2) is 10.6. The number of hydrogen-bond donors (Lipinski definition) is 5. The molecule has 10 nitrogen and oxygen atoms in total. The van der Waals surface area contributed by atoms with Crippen LogP contribution in [0.4, 0.5) is 0 Å². The van der Waals surface area contributed by atoms with E-state index < -0.39 is 47.3 Å². The smallest absolute Gasteiger partial charge is 0.302 e. The van der Waals surface area contributed by atoms with Gasteiger partial charge in [0.2, 0.25) is 0 Å². The van der Waals surface area contributed by atoms with E-state index >= 15 is 0 Å². The van der Waals surface area contributed by atoms with Crippen LogP contribution in [0.25, 0.3) is 0 Å². The maximum atomic E-state index is 12.6. The molecule has 2 heterocycles. The van der Waals surface area contributed by atoms with Gasteiger partial charge in [-0.15, -0.1) is 0 Å². The van der Waals surface area contributed by atoms with Crippen molar-refractivity contribution >= 4 is 5.97 Å². The standard InChI is InChI=1S/C37H60O10/c1-19(38)45-21-15-33(6)23-10-9-22-31(2,3)25(46-30-28(42)27(41)20(39)17-44-30)12-14-36(22)18-37(23,36)16-24(40)35(33,8)29(21)34(7)13-11-26(47-34)32(4,5)43/h20-30,39-43H,9-18H2,1-8H3/t20-,21+,22+,23+,24-,25+,26+,27+,28-,29-,30+,33+,34-,35-,36-,37+/m1/s1. The first kappa shape index (κ1) is 34.6. The summed E-state index contributed by atoms with van der Waals surface area (Å²) < 4.78 is 25.1. The molecule has 0 amide bonds. The number of aliphatic hydroxyl groups excluding tert-OH is 4. The number of esters is 1. The van der Waals surface area contributed by atoms with E-state index in [0.29, 0.717) is 31.1 Å². The summed E-state index contributed by atoms with van der Waals surface area (Å²) in [4.78, 5) is 12.6. The summed E-state index contributed by atoms with van der Waals surface area (Å²) >= 11 is 0. The Morgan fingerprint density at radius 1 is 0.872 bits per heavy atom. The zero-order valence-corrected chi connectivity index (χ0v) is 29.7. The molecule has 0 aromatic carbocycles. The molecular formula is C37H60O10. The monoisotopic (exact) mass is 664 g/mol. The van der Waals surface area contributed by atoms with E-state index in [-0.39, 0.29) is 58.5 Å². The molecule has 268 valence electrons. The predicted molar refractivity (Wildman–Crippen MR) is 171 cm³/mol. The lowest BCUT2D eigenvalue weighted by Gasteiger charge is -2.65. The van der Waals surface area contributed by atoms with Crippen LogP contribution < -0.4 is 0 Å². The summed E-state index contributed by atoms with van der Waals surface area (Å²) in [5.41, 5.74) is -2.69. The second-order valence-corrected chi connectivity index (χ2v) is 18.8. The zero-order chi connectivity index (χ0) is 34.3. The molecule has 0 unspecified atom stereocenters. The molecule has 0 aromatic rings. The third-order valence-electron chi connectivity index (χ3n) is 15.9. The van der Waals surface area contributed by atoms with Crippen LogP contribution in [0.2, 0.25) is 0 Å². The van der Waals surface area contributed by atoms with Crippen molar-refractivity contribution in [1.29, 1.82) is 0 Å². The molecule has 7 rings (SSSR count). The highest BCUT2D eigenvalue weighted by Crippen LogP contribution is 2.89. The first-order chi connectivity index (χ1) is 21.7. The summed E-state index contributed by atoms with van der Waals surface area (Å²) in [6, 6.07) is 0. The van der Waals surface area contributed by atoms with E-state index in [2.05, 4.69) is 34.6 Å². The quantitative estimate of drug-likeness (QED) is 0.218. The Balaban J connectivity index is 1.19. The van der Waals surface area contributed by atoms with Crippen LogP contribution in [0.1, 0.15) is 113 Å². The van der Waals surface area contributed by atoms with Gasteiger partial charge in [-0.25, -0.2) is 0 Å². The highest BCUT2D eigenvalue weighted by atomic mass is 16.7. The van der Waals surface area contributed by atoms with Crippen LogP contribution in [0, 0.1) is 44.8 Å². The Kier molecular flexibility index (Phi) is 7.80. The number of aliphatic hydroxyl groups is 5. The number of hydrogen-bond acceptors (Lipinski definition) is 10. The van der Waals surface area contributed by atoms with Crippen molar-refractivity contribution < 1.29 is 49.3 Å². The predicted octanol–water partition coefficient (Wildman–Crippen LogP) is 3.47. The summed E-state index contributed by atoms with van der Waals surface area (Å²) in [5, 5.41) is 54.3. The molecule has 7 aliphatic rings. The lowest BCUT2D eigenvalue weighted by atomic mass is 9.41. The molecule has 5 aliphatic carbocycles. The van der Waals surface area contributed by atoms with E-state index in [4.69, 9.17) is 18.9 Å². The van der Waals surface area contributed by atoms with Crippen LogP contribution in [0.5, 0.6) is 0 Å². The molecule has 2 aliphatic heterocycles. The van der Waals surface area contributed by atoms with E-state index in [1.54, 1.807) is 13.8 Å². The van der Waals surface area contributed by atoms with Crippen LogP contribution in [0.3, 0.4) is 0 Å². The van der Waals surface area contributed by atoms with Gasteiger partial charge in [-0.2, -0.15) is 0 Å². The Morgan fingerprint density at radius 2 is 1.55 bits per heavy atom. The van der Waals surface area contributed by atoms with Gasteiger partial charge in [0.05, 0.1) is 36.1 Å². The van der Waals surface area contributed by atoms with Crippen molar-refractivity contribution in [1.82, 2.24) is 0 Å². The van der Waals surface area contributed by atoms with Gasteiger partial charge in [0.15, 0.2) is 6.29 Å². The van der Waals surface area contributed by atoms with Crippen molar-refractivity contribution in [3.63, 3.8) is 0 Å². The molecule has 47 heavy (non-hydrogen) atoms. The minimum Gasteiger partial charge on any atom is -0.462 e. The number of fused-ring (bicyclic) bond motifs is 2. The number of carbonyl (C=O) groups excluding carboxylic acids is 1. The van der Waals surface area contributed by atoms with E-state index in [9.17, 15) is 30.3 Å². The van der Waals surface area contributed by atoms with Crippen LogP contribution in [0.15, 0.2) is 0 Å². The summed E-state index contributed by atoms with van der Waals surface area (Å²) in [5.74, 6) is 0.182. The van der Waals surface area contributed by atoms with Crippen LogP contribution in [-0.4, -0.2) is 98.3 Å². The number of rotatable bonds is 5. The van der Waals surface area contributed by atoms with Gasteiger partial charge < -0.3 is 44.5 Å². The highest BCUT2D eigenvalue weighted by molar-refractivity contribution is 5.66. The average Bonchev–Trinajstić information content (AvgIpc) is 3.30. The summed E-state index contributed by atoms with van der Waals surface area (Å²) in [7, 11) is 0. The molecule has 2 saturated heterocycles. The van der Waals surface area contributed by atoms with Crippen molar-refractivity contribution in [2.24, 2.45) is 44.8 Å². The van der Waals surface area contributed by atoms with E-state index in [1.807, 2.05) is 0 Å². The van der Waals surface area contributed by atoms with Gasteiger partial charge >= 0.3 is 5.97 Å². The lowest BCUT2D eigenvalue weighted by Crippen LogP contribution is -2.64. The summed E-state index contributed by atoms with van der Waals surface area (Å²) in [6.07, 6.45) is 1.43. The van der Waals surface area contributed by atoms with Gasteiger partial charge in [-0.3, -0.25) is 4.79 Å². The molecule has 10 heteroatoms. The van der Waals surface area contributed by atoms with Gasteiger partial charge in [-0.05, 0) is 112 Å². The third-order valence-corrected chi connectivity index (χ3v) is 15.9. The van der Waals surface area contributed by atoms with Crippen molar-refractivity contribution in [2.75, 3.05) is 6.61 Å². The fourth-order valence-corrected chi connectivity index (χ4v) is 13.7. The average molecular weight is 665 g/mol. The molecule has 0 bridgehead atoms. The van der Waals surface area contributed by atoms with Gasteiger partial charge in [0.25, 0.3) is 0 Å². The van der Waals surface area contributed by atoms with Crippen molar-refractivity contribution in [3.8, 4) is 0 Å². The van der Waals surface area contributed by atoms with E-state index in [0.717, 1.165) is 38.5 Å². The highest BCUT2D eigenvalue weighted by Gasteiger charge is 2.85. The Morgan fingerprint density at radius 3 is 2.19 bits per heavy atom. The molecule has 7 fully saturated rings. The minimum absolute atomic E-state index is 0.0181. The van der Waals surface area contributed by atoms with Gasteiger partial charge in [0.1, 0.15) is 24.4 Å². The Bertz CT molecular complexity index is 1270. The zero-order valence-electron chi connectivity index (χ0n) is 29.7. The van der Waals surface area contributed by atoms with Crippen molar-refractivity contribution in [2.45, 2.75) is 173 Å². The minimum atomic E-state index is -1.32. The summed E-state index contributed by atoms with van der Waals surface area (Å²) in [6.45, 7) is 16.2. The fraction of sp³-hybridized carbons (Fsp3) is 0.973. The number of carbonyl (C=O) groups is 1. The SMILES string of the molecule is CC(=O)O[C@H]1C[C@@]2(C)[C@@H]3CC[C@H]4C(C)(C)[C@@H](O[C@@H]5OC[C@@H](O)[C@H](O)[C@H]5O)CC[C@@]45C[C@@]35C[C@@H](O)[C@]2(C)[C@H]1[C@@]1(C)CC[C@@H](C(C)(C)O)O1.